The number of likely N-dealkylation sites (N-methyl/N-ethyl adjacent to an activating group) is 1. The Hall–Kier alpha value is -1.10. The van der Waals surface area contributed by atoms with Crippen LogP contribution in [0.1, 0.15) is 24.3 Å². The molecule has 4 heteroatoms. The molecule has 92 valence electrons. The van der Waals surface area contributed by atoms with Crippen molar-refractivity contribution in [3.8, 4) is 0 Å². The summed E-state index contributed by atoms with van der Waals surface area (Å²) < 4.78 is 5.40. The third-order valence-corrected chi connectivity index (χ3v) is 3.64. The van der Waals surface area contributed by atoms with Gasteiger partial charge in [0.1, 0.15) is 5.76 Å². The average molecular weight is 250 g/mol. The minimum absolute atomic E-state index is 0.274. The maximum Gasteiger partial charge on any atom is 0.117 e. The van der Waals surface area contributed by atoms with Crippen LogP contribution in [0.25, 0.3) is 0 Å². The van der Waals surface area contributed by atoms with Crippen molar-refractivity contribution in [2.24, 2.45) is 5.73 Å². The molecule has 0 spiro atoms. The molecule has 17 heavy (non-hydrogen) atoms. The van der Waals surface area contributed by atoms with Crippen molar-refractivity contribution in [3.63, 3.8) is 0 Å². The van der Waals surface area contributed by atoms with Crippen molar-refractivity contribution >= 4 is 11.3 Å². The second-order valence-electron chi connectivity index (χ2n) is 3.95. The first-order chi connectivity index (χ1) is 8.35. The third kappa shape index (κ3) is 2.97. The summed E-state index contributed by atoms with van der Waals surface area (Å²) in [7, 11) is 0. The molecule has 0 aliphatic rings. The summed E-state index contributed by atoms with van der Waals surface area (Å²) in [6.45, 7) is 4.54. The SMILES string of the molecule is CCN(Cc1ccco1)C(CN)c1ccsc1. The van der Waals surface area contributed by atoms with Crippen LogP contribution in [0.2, 0.25) is 0 Å². The van der Waals surface area contributed by atoms with Crippen LogP contribution in [-0.2, 0) is 6.54 Å². The molecule has 0 saturated heterocycles. The molecule has 2 heterocycles. The van der Waals surface area contributed by atoms with Crippen LogP contribution >= 0.6 is 11.3 Å². The zero-order valence-corrected chi connectivity index (χ0v) is 10.8. The van der Waals surface area contributed by atoms with Gasteiger partial charge in [-0.05, 0) is 41.1 Å². The Balaban J connectivity index is 2.10. The fourth-order valence-corrected chi connectivity index (χ4v) is 2.71. The van der Waals surface area contributed by atoms with Crippen LogP contribution in [-0.4, -0.2) is 18.0 Å². The van der Waals surface area contributed by atoms with Crippen LogP contribution in [0.3, 0.4) is 0 Å². The Morgan fingerprint density at radius 1 is 1.47 bits per heavy atom. The van der Waals surface area contributed by atoms with E-state index in [1.807, 2.05) is 12.1 Å². The highest BCUT2D eigenvalue weighted by molar-refractivity contribution is 7.07. The summed E-state index contributed by atoms with van der Waals surface area (Å²) in [6.07, 6.45) is 1.71. The van der Waals surface area contributed by atoms with E-state index in [1.54, 1.807) is 17.6 Å². The van der Waals surface area contributed by atoms with Crippen molar-refractivity contribution in [1.82, 2.24) is 4.90 Å². The van der Waals surface area contributed by atoms with Crippen LogP contribution < -0.4 is 5.73 Å². The van der Waals surface area contributed by atoms with Gasteiger partial charge in [-0.3, -0.25) is 4.90 Å². The molecule has 0 amide bonds. The highest BCUT2D eigenvalue weighted by atomic mass is 32.1. The van der Waals surface area contributed by atoms with E-state index in [-0.39, 0.29) is 6.04 Å². The lowest BCUT2D eigenvalue weighted by molar-refractivity contribution is 0.188. The smallest absolute Gasteiger partial charge is 0.117 e. The molecule has 2 aromatic rings. The molecule has 2 N–H and O–H groups in total. The van der Waals surface area contributed by atoms with Gasteiger partial charge in [0.25, 0.3) is 0 Å². The van der Waals surface area contributed by atoms with Crippen LogP contribution in [0.5, 0.6) is 0 Å². The first kappa shape index (κ1) is 12.4. The van der Waals surface area contributed by atoms with E-state index in [0.717, 1.165) is 18.8 Å². The number of nitrogens with two attached hydrogens (primary N) is 1. The zero-order chi connectivity index (χ0) is 12.1. The second kappa shape index (κ2) is 6.00. The monoisotopic (exact) mass is 250 g/mol. The average Bonchev–Trinajstić information content (AvgIpc) is 3.00. The van der Waals surface area contributed by atoms with E-state index < -0.39 is 0 Å². The third-order valence-electron chi connectivity index (χ3n) is 2.94. The van der Waals surface area contributed by atoms with Crippen LogP contribution in [0.4, 0.5) is 0 Å². The molecule has 1 unspecified atom stereocenters. The molecule has 0 aliphatic heterocycles. The van der Waals surface area contributed by atoms with E-state index in [1.165, 1.54) is 5.56 Å². The van der Waals surface area contributed by atoms with Gasteiger partial charge in [-0.25, -0.2) is 0 Å². The number of hydrogen-bond donors (Lipinski definition) is 1. The molecule has 3 nitrogen and oxygen atoms in total. The highest BCUT2D eigenvalue weighted by Gasteiger charge is 2.18. The minimum Gasteiger partial charge on any atom is -0.468 e. The van der Waals surface area contributed by atoms with Gasteiger partial charge in [-0.1, -0.05) is 6.92 Å². The molecule has 0 bridgehead atoms. The second-order valence-corrected chi connectivity index (χ2v) is 4.73. The number of furan rings is 1. The quantitative estimate of drug-likeness (QED) is 0.857. The van der Waals surface area contributed by atoms with E-state index in [9.17, 15) is 0 Å². The molecule has 0 aliphatic carbocycles. The zero-order valence-electron chi connectivity index (χ0n) is 10.0. The molecule has 0 aromatic carbocycles. The van der Waals surface area contributed by atoms with E-state index in [4.69, 9.17) is 10.2 Å². The number of thiophene rings is 1. The van der Waals surface area contributed by atoms with Gasteiger partial charge in [-0.2, -0.15) is 11.3 Å². The topological polar surface area (TPSA) is 42.4 Å². The summed E-state index contributed by atoms with van der Waals surface area (Å²) in [5.74, 6) is 0.987. The van der Waals surface area contributed by atoms with E-state index in [2.05, 4.69) is 28.7 Å². The number of rotatable bonds is 6. The maximum atomic E-state index is 5.90. The fourth-order valence-electron chi connectivity index (χ4n) is 2.01. The van der Waals surface area contributed by atoms with Gasteiger partial charge in [0.15, 0.2) is 0 Å². The number of hydrogen-bond acceptors (Lipinski definition) is 4. The van der Waals surface area contributed by atoms with Crippen molar-refractivity contribution in [2.45, 2.75) is 19.5 Å². The molecule has 2 rings (SSSR count). The van der Waals surface area contributed by atoms with Gasteiger partial charge in [0, 0.05) is 12.6 Å². The maximum absolute atomic E-state index is 5.90. The van der Waals surface area contributed by atoms with E-state index >= 15 is 0 Å². The minimum atomic E-state index is 0.274. The summed E-state index contributed by atoms with van der Waals surface area (Å²) in [6, 6.07) is 6.35. The van der Waals surface area contributed by atoms with Crippen molar-refractivity contribution in [2.75, 3.05) is 13.1 Å². The van der Waals surface area contributed by atoms with Gasteiger partial charge in [0.05, 0.1) is 12.8 Å². The Labute approximate surface area is 106 Å². The van der Waals surface area contributed by atoms with Crippen LogP contribution in [0.15, 0.2) is 39.6 Å². The first-order valence-electron chi connectivity index (χ1n) is 5.83. The molecular weight excluding hydrogens is 232 g/mol. The summed E-state index contributed by atoms with van der Waals surface area (Å²) in [5.41, 5.74) is 7.20. The van der Waals surface area contributed by atoms with Crippen molar-refractivity contribution in [3.05, 3.63) is 46.5 Å². The van der Waals surface area contributed by atoms with Gasteiger partial charge >= 0.3 is 0 Å². The van der Waals surface area contributed by atoms with Crippen molar-refractivity contribution in [1.29, 1.82) is 0 Å². The lowest BCUT2D eigenvalue weighted by atomic mass is 10.1. The molecule has 2 aromatic heterocycles. The largest absolute Gasteiger partial charge is 0.468 e. The normalized spacial score (nSPS) is 13.1. The van der Waals surface area contributed by atoms with Crippen molar-refractivity contribution < 1.29 is 4.42 Å². The van der Waals surface area contributed by atoms with Crippen LogP contribution in [0, 0.1) is 0 Å². The number of nitrogens with zero attached hydrogens (tertiary/aromatic N) is 1. The standard InChI is InChI=1S/C13H18N2OS/c1-2-15(9-12-4-3-6-16-12)13(8-14)11-5-7-17-10-11/h3-7,10,13H,2,8-9,14H2,1H3. The Morgan fingerprint density at radius 3 is 2.88 bits per heavy atom. The Bertz CT molecular complexity index is 411. The molecule has 0 radical (unpaired) electrons. The summed E-state index contributed by atoms with van der Waals surface area (Å²) >= 11 is 1.71. The lowest BCUT2D eigenvalue weighted by Gasteiger charge is -2.28. The Kier molecular flexibility index (Phi) is 4.36. The molecule has 0 fully saturated rings. The lowest BCUT2D eigenvalue weighted by Crippen LogP contribution is -2.32. The predicted molar refractivity (Wildman–Crippen MR) is 70.9 cm³/mol. The Morgan fingerprint density at radius 2 is 2.35 bits per heavy atom. The molecular formula is C13H18N2OS. The molecule has 0 saturated carbocycles. The highest BCUT2D eigenvalue weighted by Crippen LogP contribution is 2.23. The fraction of sp³-hybridized carbons (Fsp3) is 0.385. The summed E-state index contributed by atoms with van der Waals surface area (Å²) in [5, 5.41) is 4.26. The predicted octanol–water partition coefficient (Wildman–Crippen LogP) is 2.86. The first-order valence-corrected chi connectivity index (χ1v) is 6.78. The molecule has 1 atom stereocenters. The van der Waals surface area contributed by atoms with E-state index in [0.29, 0.717) is 6.54 Å². The summed E-state index contributed by atoms with van der Waals surface area (Å²) in [4.78, 5) is 2.33. The van der Waals surface area contributed by atoms with Gasteiger partial charge in [0.2, 0.25) is 0 Å². The van der Waals surface area contributed by atoms with Gasteiger partial charge in [-0.15, -0.1) is 0 Å². The van der Waals surface area contributed by atoms with Gasteiger partial charge < -0.3 is 10.2 Å².